The summed E-state index contributed by atoms with van der Waals surface area (Å²) in [6, 6.07) is 0. The summed E-state index contributed by atoms with van der Waals surface area (Å²) in [6.07, 6.45) is 0. The van der Waals surface area contributed by atoms with E-state index in [1.165, 1.54) is 6.92 Å². The fourth-order valence-corrected chi connectivity index (χ4v) is 0.315. The van der Waals surface area contributed by atoms with Gasteiger partial charge in [-0.1, -0.05) is 7.43 Å². The van der Waals surface area contributed by atoms with Crippen molar-refractivity contribution >= 4 is 11.6 Å². The number of carbonyl (C=O) groups is 1. The van der Waals surface area contributed by atoms with Crippen LogP contribution in [0, 0.1) is 0 Å². The lowest BCUT2D eigenvalue weighted by molar-refractivity contribution is -0.115. The molecule has 0 aromatic heterocycles. The summed E-state index contributed by atoms with van der Waals surface area (Å²) in [5.74, 6) is -0.125. The standard InChI is InChI=1S/C5H9NO.CH4/c1-4(2)6-5(3)7;/h1-3H3;1H4. The second-order valence-corrected chi connectivity index (χ2v) is 1.58. The van der Waals surface area contributed by atoms with E-state index >= 15 is 0 Å². The number of rotatable bonds is 0. The van der Waals surface area contributed by atoms with Crippen LogP contribution in [0.5, 0.6) is 0 Å². The van der Waals surface area contributed by atoms with Crippen molar-refractivity contribution in [3.05, 3.63) is 0 Å². The molecule has 0 aromatic rings. The molecule has 0 rings (SSSR count). The van der Waals surface area contributed by atoms with Crippen molar-refractivity contribution in [2.24, 2.45) is 4.99 Å². The highest BCUT2D eigenvalue weighted by Crippen LogP contribution is 1.74. The molecule has 1 amide bonds. The molecule has 0 N–H and O–H groups in total. The number of carbonyl (C=O) groups excluding carboxylic acids is 1. The zero-order valence-electron chi connectivity index (χ0n) is 4.86. The number of nitrogens with zero attached hydrogens (tertiary/aromatic N) is 1. The van der Waals surface area contributed by atoms with Crippen LogP contribution in [-0.4, -0.2) is 11.6 Å². The Balaban J connectivity index is 0. The number of hydrogen-bond acceptors (Lipinski definition) is 1. The van der Waals surface area contributed by atoms with E-state index in [0.29, 0.717) is 0 Å². The van der Waals surface area contributed by atoms with Gasteiger partial charge >= 0.3 is 0 Å². The third-order valence-electron chi connectivity index (χ3n) is 0.381. The van der Waals surface area contributed by atoms with E-state index in [4.69, 9.17) is 0 Å². The van der Waals surface area contributed by atoms with Gasteiger partial charge in [-0.05, 0) is 13.8 Å². The van der Waals surface area contributed by atoms with E-state index in [1.54, 1.807) is 13.8 Å². The van der Waals surface area contributed by atoms with Crippen LogP contribution < -0.4 is 0 Å². The molecular formula is C6H13NO. The van der Waals surface area contributed by atoms with E-state index in [2.05, 4.69) is 4.99 Å². The lowest BCUT2D eigenvalue weighted by Gasteiger charge is -1.80. The number of amides is 1. The molecule has 0 atom stereocenters. The molecule has 0 aliphatic carbocycles. The Morgan fingerprint density at radius 3 is 1.62 bits per heavy atom. The van der Waals surface area contributed by atoms with Gasteiger partial charge in [0.25, 0.3) is 0 Å². The van der Waals surface area contributed by atoms with Crippen molar-refractivity contribution < 1.29 is 4.79 Å². The van der Waals surface area contributed by atoms with Crippen LogP contribution in [0.25, 0.3) is 0 Å². The van der Waals surface area contributed by atoms with Crippen molar-refractivity contribution in [3.8, 4) is 0 Å². The SMILES string of the molecule is C.CC(=O)N=C(C)C. The first kappa shape index (κ1) is 10.3. The Labute approximate surface area is 50.6 Å². The lowest BCUT2D eigenvalue weighted by atomic mass is 10.5. The van der Waals surface area contributed by atoms with Crippen molar-refractivity contribution in [2.45, 2.75) is 28.2 Å². The monoisotopic (exact) mass is 115 g/mol. The van der Waals surface area contributed by atoms with Gasteiger partial charge in [-0.2, -0.15) is 0 Å². The summed E-state index contributed by atoms with van der Waals surface area (Å²) in [7, 11) is 0. The van der Waals surface area contributed by atoms with Gasteiger partial charge in [-0.15, -0.1) is 0 Å². The molecule has 0 spiro atoms. The van der Waals surface area contributed by atoms with E-state index in [-0.39, 0.29) is 13.3 Å². The summed E-state index contributed by atoms with van der Waals surface area (Å²) in [5.41, 5.74) is 0.813. The summed E-state index contributed by atoms with van der Waals surface area (Å²) in [5, 5.41) is 0. The minimum absolute atomic E-state index is 0. The summed E-state index contributed by atoms with van der Waals surface area (Å²) in [4.78, 5) is 13.6. The Hall–Kier alpha value is -0.660. The second-order valence-electron chi connectivity index (χ2n) is 1.58. The Kier molecular flexibility index (Phi) is 5.82. The van der Waals surface area contributed by atoms with Crippen LogP contribution in [0.3, 0.4) is 0 Å². The van der Waals surface area contributed by atoms with Gasteiger partial charge in [-0.25, -0.2) is 4.99 Å². The predicted molar refractivity (Wildman–Crippen MR) is 36.2 cm³/mol. The van der Waals surface area contributed by atoms with Gasteiger partial charge in [0, 0.05) is 12.6 Å². The Bertz CT molecular complexity index is 101. The summed E-state index contributed by atoms with van der Waals surface area (Å²) < 4.78 is 0. The highest BCUT2D eigenvalue weighted by molar-refractivity contribution is 5.91. The van der Waals surface area contributed by atoms with Crippen LogP contribution in [-0.2, 0) is 4.79 Å². The molecular weight excluding hydrogens is 102 g/mol. The van der Waals surface area contributed by atoms with E-state index < -0.39 is 0 Å². The van der Waals surface area contributed by atoms with Crippen LogP contribution >= 0.6 is 0 Å². The minimum Gasteiger partial charge on any atom is -0.273 e. The quantitative estimate of drug-likeness (QED) is 0.441. The van der Waals surface area contributed by atoms with E-state index in [0.717, 1.165) is 5.71 Å². The topological polar surface area (TPSA) is 29.4 Å². The molecule has 0 saturated carbocycles. The first-order valence-corrected chi connectivity index (χ1v) is 2.15. The Morgan fingerprint density at radius 1 is 1.25 bits per heavy atom. The molecule has 8 heavy (non-hydrogen) atoms. The molecule has 0 aliphatic rings. The smallest absolute Gasteiger partial charge is 0.242 e. The molecule has 2 nitrogen and oxygen atoms in total. The number of aliphatic imine (C=N–C) groups is 1. The van der Waals surface area contributed by atoms with Crippen molar-refractivity contribution in [1.82, 2.24) is 0 Å². The Morgan fingerprint density at radius 2 is 1.62 bits per heavy atom. The second kappa shape index (κ2) is 4.50. The van der Waals surface area contributed by atoms with E-state index in [9.17, 15) is 4.79 Å². The van der Waals surface area contributed by atoms with E-state index in [1.807, 2.05) is 0 Å². The van der Waals surface area contributed by atoms with Crippen molar-refractivity contribution in [1.29, 1.82) is 0 Å². The first-order valence-electron chi connectivity index (χ1n) is 2.15. The molecule has 0 heterocycles. The third-order valence-corrected chi connectivity index (χ3v) is 0.381. The normalized spacial score (nSPS) is 6.88. The third kappa shape index (κ3) is 9.02. The first-order chi connectivity index (χ1) is 3.13. The maximum Gasteiger partial charge on any atom is 0.242 e. The average Bonchev–Trinajstić information content (AvgIpc) is 1.27. The van der Waals surface area contributed by atoms with Gasteiger partial charge in [0.2, 0.25) is 5.91 Å². The highest BCUT2D eigenvalue weighted by Gasteiger charge is 1.81. The molecule has 0 unspecified atom stereocenters. The van der Waals surface area contributed by atoms with Gasteiger partial charge in [0.15, 0.2) is 0 Å². The van der Waals surface area contributed by atoms with Crippen LogP contribution in [0.15, 0.2) is 4.99 Å². The molecule has 48 valence electrons. The highest BCUT2D eigenvalue weighted by atomic mass is 16.1. The predicted octanol–water partition coefficient (Wildman–Crippen LogP) is 1.65. The molecule has 0 aliphatic heterocycles. The van der Waals surface area contributed by atoms with Gasteiger partial charge in [-0.3, -0.25) is 4.79 Å². The maximum atomic E-state index is 10.1. The van der Waals surface area contributed by atoms with Gasteiger partial charge in [0.1, 0.15) is 0 Å². The van der Waals surface area contributed by atoms with Gasteiger partial charge in [0.05, 0.1) is 0 Å². The van der Waals surface area contributed by atoms with Crippen molar-refractivity contribution in [3.63, 3.8) is 0 Å². The summed E-state index contributed by atoms with van der Waals surface area (Å²) >= 11 is 0. The van der Waals surface area contributed by atoms with Crippen LogP contribution in [0.4, 0.5) is 0 Å². The molecule has 2 heteroatoms. The lowest BCUT2D eigenvalue weighted by Crippen LogP contribution is -1.87. The largest absolute Gasteiger partial charge is 0.273 e. The molecule has 0 fully saturated rings. The molecule has 0 saturated heterocycles. The fourth-order valence-electron chi connectivity index (χ4n) is 0.315. The molecule has 0 radical (unpaired) electrons. The van der Waals surface area contributed by atoms with Crippen molar-refractivity contribution in [2.75, 3.05) is 0 Å². The zero-order valence-corrected chi connectivity index (χ0v) is 4.86. The fraction of sp³-hybridized carbons (Fsp3) is 0.667. The number of hydrogen-bond donors (Lipinski definition) is 0. The van der Waals surface area contributed by atoms with Gasteiger partial charge < -0.3 is 0 Å². The summed E-state index contributed by atoms with van der Waals surface area (Å²) in [6.45, 7) is 5.02. The average molecular weight is 115 g/mol. The maximum absolute atomic E-state index is 10.1. The zero-order chi connectivity index (χ0) is 5.86. The minimum atomic E-state index is -0.125. The molecule has 0 bridgehead atoms. The van der Waals surface area contributed by atoms with Crippen LogP contribution in [0.2, 0.25) is 0 Å². The molecule has 0 aromatic carbocycles. The van der Waals surface area contributed by atoms with Crippen LogP contribution in [0.1, 0.15) is 28.2 Å².